The van der Waals surface area contributed by atoms with Crippen molar-refractivity contribution in [3.63, 3.8) is 0 Å². The molecule has 0 aliphatic carbocycles. The van der Waals surface area contributed by atoms with Crippen LogP contribution in [0.25, 0.3) is 6.08 Å². The lowest BCUT2D eigenvalue weighted by Gasteiger charge is -2.17. The van der Waals surface area contributed by atoms with Gasteiger partial charge in [0.15, 0.2) is 11.5 Å². The van der Waals surface area contributed by atoms with Gasteiger partial charge in [-0.1, -0.05) is 13.8 Å². The maximum atomic E-state index is 12.3. The number of halogens is 1. The number of carbonyl (C=O) groups is 2. The van der Waals surface area contributed by atoms with Crippen LogP contribution >= 0.6 is 12.4 Å². The summed E-state index contributed by atoms with van der Waals surface area (Å²) in [6, 6.07) is 10.3. The molecule has 34 heavy (non-hydrogen) atoms. The van der Waals surface area contributed by atoms with E-state index < -0.39 is 0 Å². The van der Waals surface area contributed by atoms with Gasteiger partial charge >= 0.3 is 0 Å². The maximum Gasteiger partial charge on any atom is 0.251 e. The molecule has 2 N–H and O–H groups in total. The Kier molecular flexibility index (Phi) is 12.6. The first-order valence-corrected chi connectivity index (χ1v) is 10.8. The lowest BCUT2D eigenvalue weighted by atomic mass is 10.1. The van der Waals surface area contributed by atoms with E-state index in [0.29, 0.717) is 35.0 Å². The number of anilines is 1. The number of hydrogen-bond donors (Lipinski definition) is 2. The highest BCUT2D eigenvalue weighted by Gasteiger charge is 2.12. The molecule has 9 heteroatoms. The van der Waals surface area contributed by atoms with Crippen LogP contribution in [-0.2, 0) is 4.79 Å². The Balaban J connectivity index is 0.00000578. The molecule has 0 saturated carbocycles. The van der Waals surface area contributed by atoms with Gasteiger partial charge < -0.3 is 29.7 Å². The highest BCUT2D eigenvalue weighted by molar-refractivity contribution is 6.02. The first-order valence-electron chi connectivity index (χ1n) is 10.8. The van der Waals surface area contributed by atoms with Gasteiger partial charge in [-0.05, 0) is 61.1 Å². The molecule has 0 fully saturated rings. The molecule has 0 radical (unpaired) electrons. The monoisotopic (exact) mass is 491 g/mol. The maximum absolute atomic E-state index is 12.3. The van der Waals surface area contributed by atoms with Crippen molar-refractivity contribution in [3.8, 4) is 17.2 Å². The molecule has 0 unspecified atom stereocenters. The first kappa shape index (κ1) is 28.8. The Morgan fingerprint density at radius 1 is 0.941 bits per heavy atom. The highest BCUT2D eigenvalue weighted by Crippen LogP contribution is 2.38. The van der Waals surface area contributed by atoms with Crippen molar-refractivity contribution in [2.45, 2.75) is 13.8 Å². The van der Waals surface area contributed by atoms with Crippen molar-refractivity contribution in [1.29, 1.82) is 0 Å². The van der Waals surface area contributed by atoms with Crippen molar-refractivity contribution >= 4 is 36.0 Å². The second kappa shape index (κ2) is 14.8. The Bertz CT molecular complexity index is 935. The standard InChI is InChI=1S/C25H33N3O5.ClH/c1-6-28(7-2)15-14-26-25(30)19-9-11-20(12-10-19)27-23(29)13-8-18-16-21(31-3)24(33-5)22(17-18)32-4;/h8-13,16-17H,6-7,14-15H2,1-5H3,(H,26,30)(H,27,29);1H. The van der Waals surface area contributed by atoms with Crippen LogP contribution in [0.15, 0.2) is 42.5 Å². The second-order valence-electron chi connectivity index (χ2n) is 7.14. The predicted molar refractivity (Wildman–Crippen MR) is 138 cm³/mol. The van der Waals surface area contributed by atoms with E-state index in [0.717, 1.165) is 25.2 Å². The van der Waals surface area contributed by atoms with E-state index in [1.54, 1.807) is 42.5 Å². The van der Waals surface area contributed by atoms with E-state index in [2.05, 4.69) is 29.4 Å². The average molecular weight is 492 g/mol. The van der Waals surface area contributed by atoms with Crippen molar-refractivity contribution < 1.29 is 23.8 Å². The van der Waals surface area contributed by atoms with Gasteiger partial charge in [-0.3, -0.25) is 9.59 Å². The largest absolute Gasteiger partial charge is 0.493 e. The van der Waals surface area contributed by atoms with Crippen molar-refractivity contribution in [3.05, 3.63) is 53.6 Å². The molecule has 2 rings (SSSR count). The fraction of sp³-hybridized carbons (Fsp3) is 0.360. The number of carbonyl (C=O) groups excluding carboxylic acids is 2. The van der Waals surface area contributed by atoms with E-state index in [1.807, 2.05) is 0 Å². The Morgan fingerprint density at radius 3 is 2.03 bits per heavy atom. The number of ether oxygens (including phenoxy) is 3. The van der Waals surface area contributed by atoms with E-state index in [1.165, 1.54) is 27.4 Å². The molecular weight excluding hydrogens is 458 g/mol. The summed E-state index contributed by atoms with van der Waals surface area (Å²) in [5, 5.41) is 5.70. The predicted octanol–water partition coefficient (Wildman–Crippen LogP) is 3.86. The third kappa shape index (κ3) is 8.28. The van der Waals surface area contributed by atoms with Gasteiger partial charge in [0.2, 0.25) is 11.7 Å². The zero-order chi connectivity index (χ0) is 24.2. The molecule has 8 nitrogen and oxygen atoms in total. The Morgan fingerprint density at radius 2 is 1.53 bits per heavy atom. The molecule has 0 atom stereocenters. The summed E-state index contributed by atoms with van der Waals surface area (Å²) in [5.41, 5.74) is 1.85. The lowest BCUT2D eigenvalue weighted by molar-refractivity contribution is -0.111. The van der Waals surface area contributed by atoms with Crippen LogP contribution in [0.2, 0.25) is 0 Å². The van der Waals surface area contributed by atoms with Crippen molar-refractivity contribution in [2.24, 2.45) is 0 Å². The lowest BCUT2D eigenvalue weighted by Crippen LogP contribution is -2.34. The van der Waals surface area contributed by atoms with Crippen LogP contribution in [0.1, 0.15) is 29.8 Å². The topological polar surface area (TPSA) is 89.1 Å². The number of likely N-dealkylation sites (N-methyl/N-ethyl adjacent to an activating group) is 1. The summed E-state index contributed by atoms with van der Waals surface area (Å²) in [5.74, 6) is 1.05. The van der Waals surface area contributed by atoms with Gasteiger partial charge in [-0.25, -0.2) is 0 Å². The number of rotatable bonds is 12. The minimum absolute atomic E-state index is 0. The summed E-state index contributed by atoms with van der Waals surface area (Å²) in [4.78, 5) is 26.9. The van der Waals surface area contributed by atoms with Gasteiger partial charge in [-0.2, -0.15) is 0 Å². The third-order valence-electron chi connectivity index (χ3n) is 5.14. The quantitative estimate of drug-likeness (QED) is 0.438. The smallest absolute Gasteiger partial charge is 0.251 e. The van der Waals surface area contributed by atoms with E-state index in [9.17, 15) is 9.59 Å². The van der Waals surface area contributed by atoms with Gasteiger partial charge in [0.05, 0.1) is 21.3 Å². The molecule has 0 spiro atoms. The Labute approximate surface area is 207 Å². The number of hydrogen-bond acceptors (Lipinski definition) is 6. The van der Waals surface area contributed by atoms with Gasteiger partial charge in [-0.15, -0.1) is 12.4 Å². The molecule has 0 aliphatic rings. The van der Waals surface area contributed by atoms with Crippen LogP contribution in [0.3, 0.4) is 0 Å². The van der Waals surface area contributed by atoms with Gasteiger partial charge in [0, 0.05) is 30.4 Å². The summed E-state index contributed by atoms with van der Waals surface area (Å²) in [6.07, 6.45) is 3.06. The zero-order valence-electron chi connectivity index (χ0n) is 20.3. The van der Waals surface area contributed by atoms with Gasteiger partial charge in [0.1, 0.15) is 0 Å². The number of nitrogens with zero attached hydrogens (tertiary/aromatic N) is 1. The number of methoxy groups -OCH3 is 3. The van der Waals surface area contributed by atoms with E-state index >= 15 is 0 Å². The van der Waals surface area contributed by atoms with Crippen LogP contribution < -0.4 is 24.8 Å². The van der Waals surface area contributed by atoms with E-state index in [4.69, 9.17) is 14.2 Å². The van der Waals surface area contributed by atoms with Crippen LogP contribution in [0.5, 0.6) is 17.2 Å². The zero-order valence-corrected chi connectivity index (χ0v) is 21.2. The summed E-state index contributed by atoms with van der Waals surface area (Å²) >= 11 is 0. The normalized spacial score (nSPS) is 10.5. The first-order chi connectivity index (χ1) is 15.9. The van der Waals surface area contributed by atoms with Crippen LogP contribution in [0.4, 0.5) is 5.69 Å². The fourth-order valence-corrected chi connectivity index (χ4v) is 3.23. The summed E-state index contributed by atoms with van der Waals surface area (Å²) < 4.78 is 16.0. The summed E-state index contributed by atoms with van der Waals surface area (Å²) in [6.45, 7) is 7.50. The average Bonchev–Trinajstić information content (AvgIpc) is 2.84. The summed E-state index contributed by atoms with van der Waals surface area (Å²) in [7, 11) is 4.60. The highest BCUT2D eigenvalue weighted by atomic mass is 35.5. The third-order valence-corrected chi connectivity index (χ3v) is 5.14. The molecular formula is C25H34ClN3O5. The van der Waals surface area contributed by atoms with Crippen LogP contribution in [-0.4, -0.2) is 64.2 Å². The molecule has 186 valence electrons. The van der Waals surface area contributed by atoms with Crippen molar-refractivity contribution in [1.82, 2.24) is 10.2 Å². The minimum atomic E-state index is -0.305. The number of benzene rings is 2. The molecule has 2 amide bonds. The molecule has 0 aromatic heterocycles. The fourth-order valence-electron chi connectivity index (χ4n) is 3.23. The SMILES string of the molecule is CCN(CC)CCNC(=O)c1ccc(NC(=O)C=Cc2cc(OC)c(OC)c(OC)c2)cc1.Cl. The molecule has 2 aromatic rings. The minimum Gasteiger partial charge on any atom is -0.493 e. The number of amides is 2. The molecule has 0 saturated heterocycles. The second-order valence-corrected chi connectivity index (χ2v) is 7.14. The van der Waals surface area contributed by atoms with Crippen LogP contribution in [0, 0.1) is 0 Å². The van der Waals surface area contributed by atoms with E-state index in [-0.39, 0.29) is 24.2 Å². The number of nitrogens with one attached hydrogen (secondary N) is 2. The van der Waals surface area contributed by atoms with Gasteiger partial charge in [0.25, 0.3) is 5.91 Å². The van der Waals surface area contributed by atoms with Crippen molar-refractivity contribution in [2.75, 3.05) is 52.8 Å². The molecule has 0 aliphatic heterocycles. The molecule has 0 bridgehead atoms. The molecule has 2 aromatic carbocycles. The Hall–Kier alpha value is -3.23. The molecule has 0 heterocycles.